The maximum absolute atomic E-state index is 12.9. The van der Waals surface area contributed by atoms with E-state index >= 15 is 0 Å². The Morgan fingerprint density at radius 2 is 2.37 bits per heavy atom. The summed E-state index contributed by atoms with van der Waals surface area (Å²) in [5.74, 6) is -0.532. The zero-order valence-corrected chi connectivity index (χ0v) is 11.2. The molecular formula is C14H13FN2OS. The maximum Gasteiger partial charge on any atom is 0.244 e. The lowest BCUT2D eigenvalue weighted by Crippen LogP contribution is -2.20. The van der Waals surface area contributed by atoms with Gasteiger partial charge in [-0.3, -0.25) is 4.79 Å². The summed E-state index contributed by atoms with van der Waals surface area (Å²) in [6.07, 6.45) is 3.08. The molecular weight excluding hydrogens is 263 g/mol. The van der Waals surface area contributed by atoms with Crippen molar-refractivity contribution in [1.29, 1.82) is 0 Å². The number of carbonyl (C=O) groups excluding carboxylic acids is 1. The van der Waals surface area contributed by atoms with Crippen LogP contribution in [0, 0.1) is 12.7 Å². The van der Waals surface area contributed by atoms with Crippen molar-refractivity contribution in [3.8, 4) is 0 Å². The minimum absolute atomic E-state index is 0.227. The zero-order valence-electron chi connectivity index (χ0n) is 10.4. The van der Waals surface area contributed by atoms with Crippen LogP contribution in [0.5, 0.6) is 0 Å². The molecule has 0 bridgehead atoms. The molecule has 1 aromatic carbocycles. The summed E-state index contributed by atoms with van der Waals surface area (Å²) in [6, 6.07) is 6.14. The van der Waals surface area contributed by atoms with Gasteiger partial charge in [0.15, 0.2) is 0 Å². The molecule has 5 heteroatoms. The largest absolute Gasteiger partial charge is 0.348 e. The molecule has 0 saturated carbocycles. The van der Waals surface area contributed by atoms with Crippen LogP contribution >= 0.6 is 11.3 Å². The summed E-state index contributed by atoms with van der Waals surface area (Å²) in [4.78, 5) is 15.8. The van der Waals surface area contributed by atoms with Gasteiger partial charge in [-0.05, 0) is 30.7 Å². The van der Waals surface area contributed by atoms with E-state index in [2.05, 4.69) is 10.3 Å². The molecule has 0 aliphatic heterocycles. The van der Waals surface area contributed by atoms with E-state index in [1.165, 1.54) is 29.5 Å². The van der Waals surface area contributed by atoms with Gasteiger partial charge < -0.3 is 5.32 Å². The number of hydrogen-bond acceptors (Lipinski definition) is 3. The fourth-order valence-electron chi connectivity index (χ4n) is 1.51. The minimum Gasteiger partial charge on any atom is -0.348 e. The first-order valence-corrected chi connectivity index (χ1v) is 6.64. The number of amides is 1. The average molecular weight is 276 g/mol. The first-order chi connectivity index (χ1) is 9.13. The van der Waals surface area contributed by atoms with Crippen molar-refractivity contribution < 1.29 is 9.18 Å². The molecule has 0 aliphatic carbocycles. The van der Waals surface area contributed by atoms with Crippen molar-refractivity contribution in [3.63, 3.8) is 0 Å². The summed E-state index contributed by atoms with van der Waals surface area (Å²) in [5, 5.41) is 5.53. The van der Waals surface area contributed by atoms with Crippen LogP contribution in [0.4, 0.5) is 4.39 Å². The van der Waals surface area contributed by atoms with Gasteiger partial charge in [0.2, 0.25) is 5.91 Å². The highest BCUT2D eigenvalue weighted by Crippen LogP contribution is 2.09. The molecule has 0 radical (unpaired) electrons. The first-order valence-electron chi connectivity index (χ1n) is 5.76. The number of thiazole rings is 1. The highest BCUT2D eigenvalue weighted by molar-refractivity contribution is 7.09. The van der Waals surface area contributed by atoms with Gasteiger partial charge in [0.25, 0.3) is 0 Å². The van der Waals surface area contributed by atoms with Crippen LogP contribution in [-0.2, 0) is 11.3 Å². The molecule has 2 rings (SSSR count). The predicted octanol–water partition coefficient (Wildman–Crippen LogP) is 2.92. The van der Waals surface area contributed by atoms with E-state index in [1.54, 1.807) is 18.2 Å². The Bertz CT molecular complexity index is 607. The van der Waals surface area contributed by atoms with E-state index in [9.17, 15) is 9.18 Å². The Kier molecular flexibility index (Phi) is 4.41. The number of nitrogens with zero attached hydrogens (tertiary/aromatic N) is 1. The summed E-state index contributed by atoms with van der Waals surface area (Å²) >= 11 is 1.53. The smallest absolute Gasteiger partial charge is 0.244 e. The molecule has 1 amide bonds. The molecule has 2 aromatic rings. The molecule has 3 nitrogen and oxygen atoms in total. The van der Waals surface area contributed by atoms with E-state index in [4.69, 9.17) is 0 Å². The monoisotopic (exact) mass is 276 g/mol. The van der Waals surface area contributed by atoms with Crippen LogP contribution in [-0.4, -0.2) is 10.9 Å². The van der Waals surface area contributed by atoms with Crippen LogP contribution in [0.25, 0.3) is 6.08 Å². The number of aryl methyl sites for hydroxylation is 1. The van der Waals surface area contributed by atoms with Crippen LogP contribution < -0.4 is 5.32 Å². The molecule has 0 spiro atoms. The Labute approximate surface area is 114 Å². The third-order valence-corrected chi connectivity index (χ3v) is 3.19. The summed E-state index contributed by atoms with van der Waals surface area (Å²) in [7, 11) is 0. The van der Waals surface area contributed by atoms with E-state index in [-0.39, 0.29) is 11.7 Å². The standard InChI is InChI=1S/C14H13FN2OS/c1-10-17-13(9-19-10)5-6-14(18)16-8-11-3-2-4-12(15)7-11/h2-7,9H,8H2,1H3,(H,16,18)/b6-5+. The van der Waals surface area contributed by atoms with Crippen molar-refractivity contribution in [1.82, 2.24) is 10.3 Å². The van der Waals surface area contributed by atoms with Gasteiger partial charge in [-0.2, -0.15) is 0 Å². The predicted molar refractivity (Wildman–Crippen MR) is 74.1 cm³/mol. The fraction of sp³-hybridized carbons (Fsp3) is 0.143. The summed E-state index contributed by atoms with van der Waals surface area (Å²) in [5.41, 5.74) is 1.50. The van der Waals surface area contributed by atoms with Crippen LogP contribution in [0.1, 0.15) is 16.3 Å². The lowest BCUT2D eigenvalue weighted by Gasteiger charge is -2.02. The lowest BCUT2D eigenvalue weighted by molar-refractivity contribution is -0.116. The van der Waals surface area contributed by atoms with Crippen LogP contribution in [0.15, 0.2) is 35.7 Å². The number of benzene rings is 1. The number of aromatic nitrogens is 1. The second-order valence-electron chi connectivity index (χ2n) is 3.97. The molecule has 19 heavy (non-hydrogen) atoms. The Balaban J connectivity index is 1.86. The molecule has 0 unspecified atom stereocenters. The highest BCUT2D eigenvalue weighted by Gasteiger charge is 1.99. The number of rotatable bonds is 4. The number of nitrogens with one attached hydrogen (secondary N) is 1. The third kappa shape index (κ3) is 4.30. The maximum atomic E-state index is 12.9. The quantitative estimate of drug-likeness (QED) is 0.872. The molecule has 0 fully saturated rings. The van der Waals surface area contributed by atoms with Crippen LogP contribution in [0.3, 0.4) is 0 Å². The number of hydrogen-bond donors (Lipinski definition) is 1. The molecule has 98 valence electrons. The third-order valence-electron chi connectivity index (χ3n) is 2.40. The fourth-order valence-corrected chi connectivity index (χ4v) is 2.09. The second kappa shape index (κ2) is 6.24. The number of carbonyl (C=O) groups is 1. The van der Waals surface area contributed by atoms with Gasteiger partial charge >= 0.3 is 0 Å². The van der Waals surface area contributed by atoms with E-state index in [0.717, 1.165) is 16.3 Å². The SMILES string of the molecule is Cc1nc(/C=C/C(=O)NCc2cccc(F)c2)cs1. The summed E-state index contributed by atoms with van der Waals surface area (Å²) in [6.45, 7) is 2.21. The van der Waals surface area contributed by atoms with Gasteiger partial charge in [-0.25, -0.2) is 9.37 Å². The molecule has 0 aliphatic rings. The average Bonchev–Trinajstić information content (AvgIpc) is 2.80. The molecule has 1 aromatic heterocycles. The van der Waals surface area contributed by atoms with E-state index in [0.29, 0.717) is 6.54 Å². The Hall–Kier alpha value is -2.01. The van der Waals surface area contributed by atoms with Crippen molar-refractivity contribution in [2.45, 2.75) is 13.5 Å². The van der Waals surface area contributed by atoms with Gasteiger partial charge in [0.1, 0.15) is 5.82 Å². The second-order valence-corrected chi connectivity index (χ2v) is 5.03. The van der Waals surface area contributed by atoms with Gasteiger partial charge in [0, 0.05) is 18.0 Å². The minimum atomic E-state index is -0.305. The molecule has 1 heterocycles. The van der Waals surface area contributed by atoms with Gasteiger partial charge in [-0.1, -0.05) is 12.1 Å². The highest BCUT2D eigenvalue weighted by atomic mass is 32.1. The molecule has 0 saturated heterocycles. The normalized spacial score (nSPS) is 10.8. The van der Waals surface area contributed by atoms with E-state index < -0.39 is 0 Å². The Morgan fingerprint density at radius 1 is 1.53 bits per heavy atom. The first kappa shape index (κ1) is 13.4. The van der Waals surface area contributed by atoms with Gasteiger partial charge in [-0.15, -0.1) is 11.3 Å². The molecule has 0 atom stereocenters. The number of halogens is 1. The Morgan fingerprint density at radius 3 is 3.05 bits per heavy atom. The van der Waals surface area contributed by atoms with E-state index in [1.807, 2.05) is 12.3 Å². The van der Waals surface area contributed by atoms with Crippen molar-refractivity contribution in [3.05, 3.63) is 57.8 Å². The molecule has 1 N–H and O–H groups in total. The lowest BCUT2D eigenvalue weighted by atomic mass is 10.2. The summed E-state index contributed by atoms with van der Waals surface area (Å²) < 4.78 is 12.9. The van der Waals surface area contributed by atoms with Crippen molar-refractivity contribution in [2.24, 2.45) is 0 Å². The van der Waals surface area contributed by atoms with Crippen molar-refractivity contribution in [2.75, 3.05) is 0 Å². The van der Waals surface area contributed by atoms with Crippen molar-refractivity contribution >= 4 is 23.3 Å². The van der Waals surface area contributed by atoms with Crippen LogP contribution in [0.2, 0.25) is 0 Å². The topological polar surface area (TPSA) is 42.0 Å². The van der Waals surface area contributed by atoms with Gasteiger partial charge in [0.05, 0.1) is 10.7 Å². The zero-order chi connectivity index (χ0) is 13.7.